The van der Waals surface area contributed by atoms with Crippen LogP contribution in [0.1, 0.15) is 12.3 Å². The molecule has 2 heterocycles. The Labute approximate surface area is 142 Å². The molecule has 1 saturated heterocycles. The molecule has 2 aromatic rings. The van der Waals surface area contributed by atoms with Crippen LogP contribution in [0.15, 0.2) is 28.8 Å². The zero-order valence-corrected chi connectivity index (χ0v) is 13.6. The van der Waals surface area contributed by atoms with E-state index in [4.69, 9.17) is 9.78 Å². The molecule has 8 heteroatoms. The van der Waals surface area contributed by atoms with Gasteiger partial charge >= 0.3 is 0 Å². The number of nitrogens with zero attached hydrogens (tertiary/aromatic N) is 4. The number of nitriles is 1. The monoisotopic (exact) mass is 346 g/mol. The van der Waals surface area contributed by atoms with Crippen LogP contribution in [-0.4, -0.2) is 45.0 Å². The highest BCUT2D eigenvalue weighted by molar-refractivity contribution is 7.99. The van der Waals surface area contributed by atoms with E-state index < -0.39 is 0 Å². The van der Waals surface area contributed by atoms with Crippen molar-refractivity contribution in [2.24, 2.45) is 0 Å². The second-order valence-electron chi connectivity index (χ2n) is 5.33. The molecule has 1 amide bonds. The van der Waals surface area contributed by atoms with Crippen LogP contribution in [-0.2, 0) is 11.2 Å². The maximum atomic E-state index is 12.9. The first-order chi connectivity index (χ1) is 11.7. The number of thioether (sulfide) groups is 1. The van der Waals surface area contributed by atoms with E-state index in [1.807, 2.05) is 0 Å². The van der Waals surface area contributed by atoms with Gasteiger partial charge in [0, 0.05) is 36.5 Å². The van der Waals surface area contributed by atoms with Crippen molar-refractivity contribution in [3.63, 3.8) is 0 Å². The highest BCUT2D eigenvalue weighted by atomic mass is 32.2. The number of aromatic nitrogens is 2. The van der Waals surface area contributed by atoms with Gasteiger partial charge in [0.05, 0.1) is 6.07 Å². The zero-order chi connectivity index (χ0) is 16.9. The van der Waals surface area contributed by atoms with Crippen molar-refractivity contribution in [2.45, 2.75) is 18.9 Å². The fraction of sp³-hybridized carbons (Fsp3) is 0.375. The molecule has 0 aliphatic carbocycles. The highest BCUT2D eigenvalue weighted by Crippen LogP contribution is 2.19. The van der Waals surface area contributed by atoms with Gasteiger partial charge in [-0.05, 0) is 24.3 Å². The lowest BCUT2D eigenvalue weighted by Crippen LogP contribution is -2.45. The minimum atomic E-state index is -0.367. The molecule has 6 nitrogen and oxygen atoms in total. The largest absolute Gasteiger partial charge is 0.339 e. The summed E-state index contributed by atoms with van der Waals surface area (Å²) in [4.78, 5) is 18.1. The summed E-state index contributed by atoms with van der Waals surface area (Å²) < 4.78 is 18.1. The lowest BCUT2D eigenvalue weighted by atomic mass is 10.2. The molecule has 1 aliphatic heterocycles. The Balaban J connectivity index is 1.60. The topological polar surface area (TPSA) is 83.0 Å². The number of halogens is 1. The third-order valence-corrected chi connectivity index (χ3v) is 4.74. The number of amides is 1. The number of benzene rings is 1. The highest BCUT2D eigenvalue weighted by Gasteiger charge is 2.26. The van der Waals surface area contributed by atoms with E-state index in [-0.39, 0.29) is 24.2 Å². The molecule has 3 rings (SSSR count). The number of hydrogen-bond acceptors (Lipinski definition) is 6. The molecule has 0 N–H and O–H groups in total. The van der Waals surface area contributed by atoms with Crippen molar-refractivity contribution in [1.82, 2.24) is 15.0 Å². The quantitative estimate of drug-likeness (QED) is 0.844. The Kier molecular flexibility index (Phi) is 5.11. The van der Waals surface area contributed by atoms with E-state index in [0.717, 1.165) is 5.75 Å². The molecule has 0 bridgehead atoms. The van der Waals surface area contributed by atoms with Crippen LogP contribution >= 0.6 is 11.8 Å². The minimum Gasteiger partial charge on any atom is -0.339 e. The summed E-state index contributed by atoms with van der Waals surface area (Å²) in [5.74, 6) is 1.80. The molecule has 1 aliphatic rings. The normalized spacial score (nSPS) is 17.5. The van der Waals surface area contributed by atoms with Crippen molar-refractivity contribution in [2.75, 3.05) is 18.1 Å². The molecule has 1 aromatic heterocycles. The van der Waals surface area contributed by atoms with Gasteiger partial charge in [0.1, 0.15) is 11.9 Å². The van der Waals surface area contributed by atoms with Crippen molar-refractivity contribution in [3.8, 4) is 17.5 Å². The fourth-order valence-electron chi connectivity index (χ4n) is 2.44. The average Bonchev–Trinajstić information content (AvgIpc) is 3.09. The van der Waals surface area contributed by atoms with Crippen LogP contribution in [0.4, 0.5) is 4.39 Å². The SMILES string of the molecule is N#CC1CSCCN1C(=O)CCc1nc(-c2ccc(F)cc2)no1. The van der Waals surface area contributed by atoms with Crippen molar-refractivity contribution >= 4 is 17.7 Å². The minimum absolute atomic E-state index is 0.0802. The molecular formula is C16H15FN4O2S. The lowest BCUT2D eigenvalue weighted by Gasteiger charge is -2.30. The van der Waals surface area contributed by atoms with E-state index in [1.54, 1.807) is 28.8 Å². The molecule has 24 heavy (non-hydrogen) atoms. The smallest absolute Gasteiger partial charge is 0.227 e. The van der Waals surface area contributed by atoms with Gasteiger partial charge in [-0.1, -0.05) is 5.16 Å². The number of aryl methyl sites for hydroxylation is 1. The van der Waals surface area contributed by atoms with Crippen LogP contribution < -0.4 is 0 Å². The van der Waals surface area contributed by atoms with Crippen LogP contribution in [0.25, 0.3) is 11.4 Å². The second kappa shape index (κ2) is 7.45. The van der Waals surface area contributed by atoms with E-state index in [1.165, 1.54) is 12.1 Å². The van der Waals surface area contributed by atoms with Gasteiger partial charge in [0.25, 0.3) is 0 Å². The van der Waals surface area contributed by atoms with Crippen LogP contribution in [0.5, 0.6) is 0 Å². The van der Waals surface area contributed by atoms with Crippen LogP contribution in [0.2, 0.25) is 0 Å². The van der Waals surface area contributed by atoms with Gasteiger partial charge in [-0.3, -0.25) is 4.79 Å². The zero-order valence-electron chi connectivity index (χ0n) is 12.8. The number of hydrogen-bond donors (Lipinski definition) is 0. The Morgan fingerprint density at radius 1 is 1.46 bits per heavy atom. The first kappa shape index (κ1) is 16.5. The van der Waals surface area contributed by atoms with E-state index in [2.05, 4.69) is 16.2 Å². The Hall–Kier alpha value is -2.40. The Morgan fingerprint density at radius 2 is 2.25 bits per heavy atom. The molecule has 0 spiro atoms. The maximum Gasteiger partial charge on any atom is 0.227 e. The van der Waals surface area contributed by atoms with Gasteiger partial charge in [-0.2, -0.15) is 22.0 Å². The first-order valence-electron chi connectivity index (χ1n) is 7.53. The molecule has 1 fully saturated rings. The fourth-order valence-corrected chi connectivity index (χ4v) is 3.41. The van der Waals surface area contributed by atoms with Crippen molar-refractivity contribution < 1.29 is 13.7 Å². The number of carbonyl (C=O) groups is 1. The van der Waals surface area contributed by atoms with E-state index in [0.29, 0.717) is 36.0 Å². The summed E-state index contributed by atoms with van der Waals surface area (Å²) in [6.45, 7) is 0.590. The first-order valence-corrected chi connectivity index (χ1v) is 8.68. The summed E-state index contributed by atoms with van der Waals surface area (Å²) in [6.07, 6.45) is 0.530. The molecule has 1 atom stereocenters. The second-order valence-corrected chi connectivity index (χ2v) is 6.48. The number of carbonyl (C=O) groups excluding carboxylic acids is 1. The van der Waals surface area contributed by atoms with Crippen molar-refractivity contribution in [3.05, 3.63) is 36.0 Å². The van der Waals surface area contributed by atoms with Crippen LogP contribution in [0, 0.1) is 17.1 Å². The Morgan fingerprint density at radius 3 is 3.00 bits per heavy atom. The van der Waals surface area contributed by atoms with Gasteiger partial charge < -0.3 is 9.42 Å². The summed E-state index contributed by atoms with van der Waals surface area (Å²) in [5.41, 5.74) is 0.648. The lowest BCUT2D eigenvalue weighted by molar-refractivity contribution is -0.132. The predicted octanol–water partition coefficient (Wildman–Crippen LogP) is 2.28. The third-order valence-electron chi connectivity index (χ3n) is 3.72. The molecule has 0 radical (unpaired) electrons. The van der Waals surface area contributed by atoms with Gasteiger partial charge in [0.2, 0.25) is 17.6 Å². The van der Waals surface area contributed by atoms with Gasteiger partial charge in [-0.15, -0.1) is 0 Å². The molecular weight excluding hydrogens is 331 g/mol. The van der Waals surface area contributed by atoms with E-state index >= 15 is 0 Å². The average molecular weight is 346 g/mol. The van der Waals surface area contributed by atoms with E-state index in [9.17, 15) is 9.18 Å². The molecule has 0 saturated carbocycles. The van der Waals surface area contributed by atoms with Crippen molar-refractivity contribution in [1.29, 1.82) is 5.26 Å². The Bertz CT molecular complexity index is 756. The summed E-state index contributed by atoms with van der Waals surface area (Å²) >= 11 is 1.68. The summed E-state index contributed by atoms with van der Waals surface area (Å²) in [7, 11) is 0. The van der Waals surface area contributed by atoms with Gasteiger partial charge in [-0.25, -0.2) is 4.39 Å². The van der Waals surface area contributed by atoms with Crippen LogP contribution in [0.3, 0.4) is 0 Å². The maximum absolute atomic E-state index is 12.9. The predicted molar refractivity (Wildman–Crippen MR) is 86.5 cm³/mol. The third kappa shape index (κ3) is 3.74. The standard InChI is InChI=1S/C16H15FN4O2S/c17-12-3-1-11(2-4-12)16-19-14(23-20-16)5-6-15(22)21-7-8-24-10-13(21)9-18/h1-4,13H,5-8,10H2. The van der Waals surface area contributed by atoms with Gasteiger partial charge in [0.15, 0.2) is 0 Å². The molecule has 1 unspecified atom stereocenters. The molecule has 1 aromatic carbocycles. The summed E-state index contributed by atoms with van der Waals surface area (Å²) in [6, 6.07) is 7.58. The summed E-state index contributed by atoms with van der Waals surface area (Å²) in [5, 5.41) is 13.0. The number of rotatable bonds is 4. The molecule has 124 valence electrons.